The molecule has 1 aliphatic carbocycles. The molecule has 0 unspecified atom stereocenters. The average molecular weight is 394 g/mol. The van der Waals surface area contributed by atoms with E-state index in [0.29, 0.717) is 11.4 Å². The van der Waals surface area contributed by atoms with Crippen LogP contribution < -0.4 is 10.5 Å². The van der Waals surface area contributed by atoms with Gasteiger partial charge in [-0.25, -0.2) is 9.37 Å². The van der Waals surface area contributed by atoms with E-state index >= 15 is 0 Å². The lowest BCUT2D eigenvalue weighted by atomic mass is 10.1. The number of anilines is 1. The second kappa shape index (κ2) is 6.68. The number of benzene rings is 1. The minimum absolute atomic E-state index is 0.207. The fourth-order valence-corrected chi connectivity index (χ4v) is 4.12. The molecule has 0 saturated heterocycles. The van der Waals surface area contributed by atoms with Crippen molar-refractivity contribution in [3.05, 3.63) is 60.9 Å². The molecular formula is C21H19FN4O3. The summed E-state index contributed by atoms with van der Waals surface area (Å²) in [6.07, 6.45) is 3.45. The lowest BCUT2D eigenvalue weighted by Gasteiger charge is -2.19. The number of ether oxygens (including phenoxy) is 1. The molecule has 0 bridgehead atoms. The van der Waals surface area contributed by atoms with Crippen LogP contribution in [-0.4, -0.2) is 43.1 Å². The van der Waals surface area contributed by atoms with E-state index in [4.69, 9.17) is 10.5 Å². The Hall–Kier alpha value is -3.23. The van der Waals surface area contributed by atoms with Crippen LogP contribution in [0.4, 0.5) is 10.1 Å². The van der Waals surface area contributed by atoms with Crippen molar-refractivity contribution >= 4 is 27.5 Å². The van der Waals surface area contributed by atoms with E-state index in [1.54, 1.807) is 18.5 Å². The highest BCUT2D eigenvalue weighted by Crippen LogP contribution is 2.38. The number of rotatable bonds is 3. The minimum atomic E-state index is -1.15. The second-order valence-corrected chi connectivity index (χ2v) is 7.28. The molecule has 4 atom stereocenters. The summed E-state index contributed by atoms with van der Waals surface area (Å²) >= 11 is 0. The first-order valence-corrected chi connectivity index (χ1v) is 9.30. The van der Waals surface area contributed by atoms with Crippen molar-refractivity contribution in [2.75, 3.05) is 5.73 Å². The Labute approximate surface area is 165 Å². The van der Waals surface area contributed by atoms with Gasteiger partial charge < -0.3 is 25.3 Å². The van der Waals surface area contributed by atoms with Gasteiger partial charge in [-0.2, -0.15) is 0 Å². The van der Waals surface area contributed by atoms with Gasteiger partial charge in [-0.05, 0) is 23.6 Å². The number of nitrogens with two attached hydrogens (primary N) is 1. The Bertz CT molecular complexity index is 1210. The maximum absolute atomic E-state index is 14.4. The van der Waals surface area contributed by atoms with Gasteiger partial charge in [0.05, 0.1) is 11.4 Å². The normalized spacial score (nSPS) is 24.4. The Morgan fingerprint density at radius 1 is 1.14 bits per heavy atom. The molecule has 4 aromatic rings. The van der Waals surface area contributed by atoms with Gasteiger partial charge in [0.1, 0.15) is 29.7 Å². The molecule has 0 aliphatic heterocycles. The van der Waals surface area contributed by atoms with Crippen LogP contribution in [0.5, 0.6) is 5.75 Å². The van der Waals surface area contributed by atoms with E-state index < -0.39 is 30.2 Å². The summed E-state index contributed by atoms with van der Waals surface area (Å²) in [5.41, 5.74) is 6.48. The Morgan fingerprint density at radius 3 is 2.86 bits per heavy atom. The number of hydrogen-bond donors (Lipinski definition) is 3. The van der Waals surface area contributed by atoms with Gasteiger partial charge in [0.25, 0.3) is 0 Å². The number of aromatic nitrogens is 3. The molecule has 0 radical (unpaired) electrons. The number of aliphatic hydroxyl groups is 2. The topological polar surface area (TPSA) is 106 Å². The third-order valence-corrected chi connectivity index (χ3v) is 5.58. The Kier molecular flexibility index (Phi) is 4.11. The molecule has 29 heavy (non-hydrogen) atoms. The lowest BCUT2D eigenvalue weighted by Crippen LogP contribution is -2.34. The molecule has 0 amide bonds. The number of nitrogens with zero attached hydrogens (tertiary/aromatic N) is 3. The Morgan fingerprint density at radius 2 is 2.00 bits per heavy atom. The first-order chi connectivity index (χ1) is 14.0. The van der Waals surface area contributed by atoms with Gasteiger partial charge in [0.15, 0.2) is 5.82 Å². The van der Waals surface area contributed by atoms with Crippen LogP contribution in [0, 0.1) is 5.82 Å². The largest absolute Gasteiger partial charge is 0.487 e. The average Bonchev–Trinajstić information content (AvgIpc) is 3.20. The second-order valence-electron chi connectivity index (χ2n) is 7.28. The van der Waals surface area contributed by atoms with Gasteiger partial charge in [-0.15, -0.1) is 0 Å². The van der Waals surface area contributed by atoms with Crippen molar-refractivity contribution in [3.63, 3.8) is 0 Å². The third kappa shape index (κ3) is 2.80. The zero-order valence-corrected chi connectivity index (χ0v) is 15.3. The molecule has 1 saturated carbocycles. The van der Waals surface area contributed by atoms with Crippen LogP contribution in [0.25, 0.3) is 21.8 Å². The van der Waals surface area contributed by atoms with Crippen molar-refractivity contribution in [2.45, 2.75) is 30.8 Å². The first-order valence-electron chi connectivity index (χ1n) is 9.30. The summed E-state index contributed by atoms with van der Waals surface area (Å²) in [4.78, 5) is 8.35. The van der Waals surface area contributed by atoms with E-state index in [0.717, 1.165) is 10.8 Å². The summed E-state index contributed by atoms with van der Waals surface area (Å²) in [5, 5.41) is 23.3. The number of halogens is 1. The predicted molar refractivity (Wildman–Crippen MR) is 106 cm³/mol. The van der Waals surface area contributed by atoms with Crippen molar-refractivity contribution in [3.8, 4) is 5.75 Å². The first kappa shape index (κ1) is 17.8. The zero-order valence-electron chi connectivity index (χ0n) is 15.3. The molecule has 4 N–H and O–H groups in total. The zero-order chi connectivity index (χ0) is 20.1. The van der Waals surface area contributed by atoms with Gasteiger partial charge >= 0.3 is 0 Å². The molecule has 1 aromatic carbocycles. The summed E-state index contributed by atoms with van der Waals surface area (Å²) in [6, 6.07) is 8.38. The molecular weight excluding hydrogens is 375 g/mol. The highest BCUT2D eigenvalue weighted by atomic mass is 19.1. The SMILES string of the molecule is Nc1ccnc2c1c(F)cn2[C@@H]1C[C@H](Oc2cccc3ccncc23)[C@@H](O)[C@H]1O. The molecule has 1 fully saturated rings. The number of nitrogen functional groups attached to an aromatic ring is 1. The standard InChI is InChI=1S/C21H19FN4O3/c22-13-10-26(21-18(13)14(23)5-7-25-21)15-8-17(20(28)19(15)27)29-16-3-1-2-11-4-6-24-9-12(11)16/h1-7,9-10,15,17,19-20,27-28H,8H2,(H2,23,25)/t15-,17+,19+,20-/m1/s1. The fourth-order valence-electron chi connectivity index (χ4n) is 4.12. The van der Waals surface area contributed by atoms with Gasteiger partial charge in [0, 0.05) is 42.3 Å². The van der Waals surface area contributed by atoms with E-state index in [-0.39, 0.29) is 17.5 Å². The van der Waals surface area contributed by atoms with Crippen molar-refractivity contribution in [1.82, 2.24) is 14.5 Å². The predicted octanol–water partition coefficient (Wildman–Crippen LogP) is 2.42. The van der Waals surface area contributed by atoms with Crippen LogP contribution >= 0.6 is 0 Å². The fraction of sp³-hybridized carbons (Fsp3) is 0.238. The van der Waals surface area contributed by atoms with Crippen molar-refractivity contribution < 1.29 is 19.3 Å². The number of pyridine rings is 2. The molecule has 3 heterocycles. The van der Waals surface area contributed by atoms with Crippen LogP contribution in [0.1, 0.15) is 12.5 Å². The molecule has 8 heteroatoms. The van der Waals surface area contributed by atoms with Gasteiger partial charge in [-0.3, -0.25) is 4.98 Å². The van der Waals surface area contributed by atoms with Crippen LogP contribution in [0.15, 0.2) is 55.1 Å². The minimum Gasteiger partial charge on any atom is -0.487 e. The summed E-state index contributed by atoms with van der Waals surface area (Å²) < 4.78 is 22.0. The Balaban J connectivity index is 1.49. The van der Waals surface area contributed by atoms with Gasteiger partial charge in [0.2, 0.25) is 0 Å². The van der Waals surface area contributed by atoms with E-state index in [2.05, 4.69) is 9.97 Å². The molecule has 7 nitrogen and oxygen atoms in total. The maximum Gasteiger partial charge on any atom is 0.152 e. The van der Waals surface area contributed by atoms with Crippen LogP contribution in [0.2, 0.25) is 0 Å². The third-order valence-electron chi connectivity index (χ3n) is 5.58. The van der Waals surface area contributed by atoms with Crippen LogP contribution in [0.3, 0.4) is 0 Å². The maximum atomic E-state index is 14.4. The van der Waals surface area contributed by atoms with Gasteiger partial charge in [-0.1, -0.05) is 12.1 Å². The van der Waals surface area contributed by atoms with Crippen LogP contribution in [-0.2, 0) is 0 Å². The molecule has 1 aliphatic rings. The number of aliphatic hydroxyl groups excluding tert-OH is 2. The van der Waals surface area contributed by atoms with E-state index in [1.165, 1.54) is 23.0 Å². The summed E-state index contributed by atoms with van der Waals surface area (Å²) in [5.74, 6) is 0.0511. The monoisotopic (exact) mass is 394 g/mol. The van der Waals surface area contributed by atoms with E-state index in [1.807, 2.05) is 18.2 Å². The molecule has 0 spiro atoms. The summed E-state index contributed by atoms with van der Waals surface area (Å²) in [6.45, 7) is 0. The smallest absolute Gasteiger partial charge is 0.152 e. The lowest BCUT2D eigenvalue weighted by molar-refractivity contribution is -0.0160. The quantitative estimate of drug-likeness (QED) is 0.493. The summed E-state index contributed by atoms with van der Waals surface area (Å²) in [7, 11) is 0. The molecule has 3 aromatic heterocycles. The van der Waals surface area contributed by atoms with E-state index in [9.17, 15) is 14.6 Å². The number of hydrogen-bond acceptors (Lipinski definition) is 6. The highest BCUT2D eigenvalue weighted by molar-refractivity contribution is 5.89. The molecule has 5 rings (SSSR count). The van der Waals surface area contributed by atoms with Crippen molar-refractivity contribution in [2.24, 2.45) is 0 Å². The highest BCUT2D eigenvalue weighted by Gasteiger charge is 2.44. The number of fused-ring (bicyclic) bond motifs is 2. The molecule has 148 valence electrons. The van der Waals surface area contributed by atoms with Crippen molar-refractivity contribution in [1.29, 1.82) is 0 Å².